The van der Waals surface area contributed by atoms with Gasteiger partial charge in [-0.3, -0.25) is 14.5 Å². The van der Waals surface area contributed by atoms with E-state index < -0.39 is 0 Å². The van der Waals surface area contributed by atoms with Crippen LogP contribution < -0.4 is 16.0 Å². The molecule has 1 aromatic rings. The number of carbonyl (C=O) groups excluding carboxylic acids is 2. The number of hydrogen-bond acceptors (Lipinski definition) is 6. The zero-order valence-electron chi connectivity index (χ0n) is 11.7. The molecule has 1 saturated heterocycles. The molecule has 0 aromatic carbocycles. The van der Waals surface area contributed by atoms with Crippen molar-refractivity contribution in [2.75, 3.05) is 38.5 Å². The highest BCUT2D eigenvalue weighted by molar-refractivity contribution is 7.14. The van der Waals surface area contributed by atoms with Gasteiger partial charge in [0.15, 0.2) is 0 Å². The van der Waals surface area contributed by atoms with Crippen molar-refractivity contribution in [2.24, 2.45) is 0 Å². The van der Waals surface area contributed by atoms with Crippen LogP contribution in [0.25, 0.3) is 0 Å². The number of likely N-dealkylation sites (N-methyl/N-ethyl adjacent to an activating group) is 1. The van der Waals surface area contributed by atoms with Crippen LogP contribution in [0, 0.1) is 11.3 Å². The fraction of sp³-hybridized carbons (Fsp3) is 0.462. The molecule has 0 bridgehead atoms. The lowest BCUT2D eigenvalue weighted by Gasteiger charge is -2.34. The lowest BCUT2D eigenvalue weighted by Crippen LogP contribution is -2.58. The molecule has 1 aliphatic rings. The molecule has 2 heterocycles. The van der Waals surface area contributed by atoms with E-state index in [2.05, 4.69) is 16.0 Å². The van der Waals surface area contributed by atoms with Crippen LogP contribution in [0.1, 0.15) is 5.56 Å². The predicted molar refractivity (Wildman–Crippen MR) is 80.0 cm³/mol. The minimum absolute atomic E-state index is 0.108. The van der Waals surface area contributed by atoms with Crippen molar-refractivity contribution in [1.82, 2.24) is 15.5 Å². The molecule has 1 fully saturated rings. The van der Waals surface area contributed by atoms with E-state index in [0.29, 0.717) is 23.7 Å². The third-order valence-electron chi connectivity index (χ3n) is 3.29. The molecule has 2 rings (SSSR count). The summed E-state index contributed by atoms with van der Waals surface area (Å²) < 4.78 is 0. The smallest absolute Gasteiger partial charge is 0.239 e. The number of hydrogen-bond donors (Lipinski definition) is 3. The van der Waals surface area contributed by atoms with E-state index in [1.54, 1.807) is 18.5 Å². The standard InChI is InChI=1S/C13H17N5O2S/c1-15-12(20)10-7-16-3-4-18(10)8-11(19)17-13-9(6-14)2-5-21-13/h2,5,10,16H,3-4,7-8H2,1H3,(H,15,20)(H,17,19). The van der Waals surface area contributed by atoms with Gasteiger partial charge in [-0.2, -0.15) is 5.26 Å². The number of carbonyl (C=O) groups is 2. The number of rotatable bonds is 4. The molecule has 0 spiro atoms. The molecule has 1 atom stereocenters. The Bertz CT molecular complexity index is 565. The van der Waals surface area contributed by atoms with E-state index in [9.17, 15) is 9.59 Å². The average Bonchev–Trinajstić information content (AvgIpc) is 2.94. The number of nitrogens with zero attached hydrogens (tertiary/aromatic N) is 2. The first kappa shape index (κ1) is 15.4. The number of amides is 2. The van der Waals surface area contributed by atoms with E-state index in [-0.39, 0.29) is 24.4 Å². The van der Waals surface area contributed by atoms with Crippen molar-refractivity contribution in [3.63, 3.8) is 0 Å². The first-order chi connectivity index (χ1) is 10.2. The number of nitrogens with one attached hydrogen (secondary N) is 3. The lowest BCUT2D eigenvalue weighted by atomic mass is 10.1. The molecule has 8 heteroatoms. The second-order valence-electron chi connectivity index (χ2n) is 4.63. The summed E-state index contributed by atoms with van der Waals surface area (Å²) in [4.78, 5) is 25.7. The molecule has 7 nitrogen and oxygen atoms in total. The third kappa shape index (κ3) is 3.78. The van der Waals surface area contributed by atoms with Crippen LogP contribution in [0.2, 0.25) is 0 Å². The van der Waals surface area contributed by atoms with Gasteiger partial charge >= 0.3 is 0 Å². The zero-order valence-corrected chi connectivity index (χ0v) is 12.5. The normalized spacial score (nSPS) is 18.8. The second-order valence-corrected chi connectivity index (χ2v) is 5.54. The fourth-order valence-corrected chi connectivity index (χ4v) is 2.96. The van der Waals surface area contributed by atoms with Crippen LogP contribution in [0.15, 0.2) is 11.4 Å². The zero-order chi connectivity index (χ0) is 15.2. The minimum atomic E-state index is -0.353. The van der Waals surface area contributed by atoms with Crippen molar-refractivity contribution < 1.29 is 9.59 Å². The first-order valence-corrected chi connectivity index (χ1v) is 7.47. The Labute approximate surface area is 126 Å². The van der Waals surface area contributed by atoms with Gasteiger partial charge in [0.1, 0.15) is 17.1 Å². The van der Waals surface area contributed by atoms with Gasteiger partial charge in [0.2, 0.25) is 11.8 Å². The Hall–Kier alpha value is -1.95. The van der Waals surface area contributed by atoms with Crippen LogP contribution >= 0.6 is 11.3 Å². The Kier molecular flexibility index (Phi) is 5.27. The first-order valence-electron chi connectivity index (χ1n) is 6.59. The van der Waals surface area contributed by atoms with Crippen LogP contribution in [0.3, 0.4) is 0 Å². The van der Waals surface area contributed by atoms with Gasteiger partial charge in [-0.25, -0.2) is 0 Å². The summed E-state index contributed by atoms with van der Waals surface area (Å²) in [5.41, 5.74) is 0.455. The Balaban J connectivity index is 1.97. The van der Waals surface area contributed by atoms with Crippen molar-refractivity contribution in [2.45, 2.75) is 6.04 Å². The third-order valence-corrected chi connectivity index (χ3v) is 4.12. The molecule has 2 amide bonds. The van der Waals surface area contributed by atoms with Crippen molar-refractivity contribution in [3.8, 4) is 6.07 Å². The van der Waals surface area contributed by atoms with Crippen LogP contribution in [0.5, 0.6) is 0 Å². The van der Waals surface area contributed by atoms with Gasteiger partial charge in [0, 0.05) is 26.7 Å². The van der Waals surface area contributed by atoms with Gasteiger partial charge in [-0.05, 0) is 11.4 Å². The van der Waals surface area contributed by atoms with Gasteiger partial charge in [0.25, 0.3) is 0 Å². The van der Waals surface area contributed by atoms with E-state index >= 15 is 0 Å². The van der Waals surface area contributed by atoms with Crippen molar-refractivity contribution in [1.29, 1.82) is 5.26 Å². The Morgan fingerprint density at radius 1 is 1.62 bits per heavy atom. The molecule has 1 aliphatic heterocycles. The molecule has 21 heavy (non-hydrogen) atoms. The number of piperazine rings is 1. The molecule has 0 saturated carbocycles. The van der Waals surface area contributed by atoms with Gasteiger partial charge < -0.3 is 16.0 Å². The highest BCUT2D eigenvalue weighted by Gasteiger charge is 2.29. The maximum absolute atomic E-state index is 12.1. The summed E-state index contributed by atoms with van der Waals surface area (Å²) in [6.45, 7) is 2.02. The average molecular weight is 307 g/mol. The topological polar surface area (TPSA) is 97.3 Å². The predicted octanol–water partition coefficient (Wildman–Crippen LogP) is -0.422. The molecule has 1 aromatic heterocycles. The molecule has 0 radical (unpaired) electrons. The van der Waals surface area contributed by atoms with E-state index in [0.717, 1.165) is 6.54 Å². The summed E-state index contributed by atoms with van der Waals surface area (Å²) in [6.07, 6.45) is 0. The number of anilines is 1. The van der Waals surface area contributed by atoms with Crippen molar-refractivity contribution >= 4 is 28.2 Å². The van der Waals surface area contributed by atoms with E-state index in [4.69, 9.17) is 5.26 Å². The quantitative estimate of drug-likeness (QED) is 0.702. The molecule has 1 unspecified atom stereocenters. The highest BCUT2D eigenvalue weighted by Crippen LogP contribution is 2.22. The second kappa shape index (κ2) is 7.17. The summed E-state index contributed by atoms with van der Waals surface area (Å²) in [5, 5.41) is 19.7. The maximum Gasteiger partial charge on any atom is 0.239 e. The summed E-state index contributed by atoms with van der Waals surface area (Å²) >= 11 is 1.31. The van der Waals surface area contributed by atoms with E-state index in [1.807, 2.05) is 11.0 Å². The highest BCUT2D eigenvalue weighted by atomic mass is 32.1. The lowest BCUT2D eigenvalue weighted by molar-refractivity contribution is -0.128. The van der Waals surface area contributed by atoms with Crippen LogP contribution in [-0.4, -0.2) is 56.0 Å². The van der Waals surface area contributed by atoms with Crippen LogP contribution in [-0.2, 0) is 9.59 Å². The van der Waals surface area contributed by atoms with E-state index in [1.165, 1.54) is 11.3 Å². The fourth-order valence-electron chi connectivity index (χ4n) is 2.21. The van der Waals surface area contributed by atoms with Gasteiger partial charge in [0.05, 0.1) is 12.1 Å². The number of nitriles is 1. The Morgan fingerprint density at radius 3 is 3.14 bits per heavy atom. The maximum atomic E-state index is 12.1. The summed E-state index contributed by atoms with van der Waals surface area (Å²) in [6, 6.07) is 3.34. The summed E-state index contributed by atoms with van der Waals surface area (Å²) in [7, 11) is 1.58. The molecule has 3 N–H and O–H groups in total. The van der Waals surface area contributed by atoms with Crippen LogP contribution in [0.4, 0.5) is 5.00 Å². The van der Waals surface area contributed by atoms with Gasteiger partial charge in [-0.1, -0.05) is 0 Å². The molecular weight excluding hydrogens is 290 g/mol. The van der Waals surface area contributed by atoms with Gasteiger partial charge in [-0.15, -0.1) is 11.3 Å². The Morgan fingerprint density at radius 2 is 2.43 bits per heavy atom. The molecule has 0 aliphatic carbocycles. The largest absolute Gasteiger partial charge is 0.358 e. The monoisotopic (exact) mass is 307 g/mol. The summed E-state index contributed by atoms with van der Waals surface area (Å²) in [5.74, 6) is -0.325. The minimum Gasteiger partial charge on any atom is -0.358 e. The molecular formula is C13H17N5O2S. The number of thiophene rings is 1. The SMILES string of the molecule is CNC(=O)C1CNCCN1CC(=O)Nc1sccc1C#N. The molecule has 112 valence electrons. The van der Waals surface area contributed by atoms with Crippen molar-refractivity contribution in [3.05, 3.63) is 17.0 Å².